The van der Waals surface area contributed by atoms with E-state index in [-0.39, 0.29) is 24.4 Å². The van der Waals surface area contributed by atoms with E-state index in [4.69, 9.17) is 30.5 Å². The lowest BCUT2D eigenvalue weighted by Crippen LogP contribution is -2.57. The first-order valence-corrected chi connectivity index (χ1v) is 15.0. The molecule has 5 heteroatoms. The molecular formula is C36H37ClO4. The SMILES string of the molecule is CCOc1ccc(Cc2cc([C@@H]3O[C@@H]4CC[C@H]4[C@H](OCc4ccccc4)[C@H]3OCc3ccccc3)ccc2Cl)cc1. The molecule has 0 spiro atoms. The Morgan fingerprint density at radius 3 is 2.00 bits per heavy atom. The lowest BCUT2D eigenvalue weighted by Gasteiger charge is -2.52. The van der Waals surface area contributed by atoms with Gasteiger partial charge in [-0.1, -0.05) is 96.5 Å². The van der Waals surface area contributed by atoms with Crippen LogP contribution in [-0.4, -0.2) is 24.9 Å². The summed E-state index contributed by atoms with van der Waals surface area (Å²) in [5, 5.41) is 0.749. The molecule has 4 nitrogen and oxygen atoms in total. The third-order valence-electron chi connectivity index (χ3n) is 8.23. The van der Waals surface area contributed by atoms with E-state index in [1.807, 2.05) is 49.4 Å². The van der Waals surface area contributed by atoms with Crippen molar-refractivity contribution in [2.75, 3.05) is 6.61 Å². The molecule has 0 radical (unpaired) electrons. The van der Waals surface area contributed by atoms with Crippen molar-refractivity contribution >= 4 is 11.6 Å². The second-order valence-electron chi connectivity index (χ2n) is 11.0. The molecule has 0 amide bonds. The lowest BCUT2D eigenvalue weighted by molar-refractivity contribution is -0.263. The number of ether oxygens (including phenoxy) is 4. The van der Waals surface area contributed by atoms with Crippen LogP contribution in [0.3, 0.4) is 0 Å². The van der Waals surface area contributed by atoms with Crippen LogP contribution < -0.4 is 4.74 Å². The van der Waals surface area contributed by atoms with E-state index < -0.39 is 0 Å². The topological polar surface area (TPSA) is 36.9 Å². The number of hydrogen-bond donors (Lipinski definition) is 0. The van der Waals surface area contributed by atoms with Crippen molar-refractivity contribution in [3.05, 3.63) is 136 Å². The Morgan fingerprint density at radius 2 is 1.39 bits per heavy atom. The van der Waals surface area contributed by atoms with E-state index >= 15 is 0 Å². The summed E-state index contributed by atoms with van der Waals surface area (Å²) < 4.78 is 25.8. The number of benzene rings is 4. The van der Waals surface area contributed by atoms with Crippen molar-refractivity contribution < 1.29 is 18.9 Å². The summed E-state index contributed by atoms with van der Waals surface area (Å²) in [7, 11) is 0. The normalized spacial score (nSPS) is 23.4. The summed E-state index contributed by atoms with van der Waals surface area (Å²) in [5.41, 5.74) is 5.62. The summed E-state index contributed by atoms with van der Waals surface area (Å²) in [6.07, 6.45) is 2.46. The van der Waals surface area contributed by atoms with Gasteiger partial charge >= 0.3 is 0 Å². The molecule has 2 fully saturated rings. The number of halogens is 1. The lowest BCUT2D eigenvalue weighted by atomic mass is 9.72. The van der Waals surface area contributed by atoms with Crippen LogP contribution in [0.25, 0.3) is 0 Å². The van der Waals surface area contributed by atoms with Gasteiger partial charge in [-0.05, 0) is 72.2 Å². The van der Waals surface area contributed by atoms with Gasteiger partial charge in [0, 0.05) is 10.9 Å². The zero-order chi connectivity index (χ0) is 28.0. The molecule has 2 aliphatic rings. The maximum Gasteiger partial charge on any atom is 0.119 e. The summed E-state index contributed by atoms with van der Waals surface area (Å²) in [4.78, 5) is 0. The highest BCUT2D eigenvalue weighted by Crippen LogP contribution is 2.48. The summed E-state index contributed by atoms with van der Waals surface area (Å²) >= 11 is 6.73. The van der Waals surface area contributed by atoms with Crippen LogP contribution in [0.5, 0.6) is 5.75 Å². The van der Waals surface area contributed by atoms with Crippen LogP contribution in [0.4, 0.5) is 0 Å². The molecule has 1 saturated carbocycles. The molecule has 4 aromatic rings. The molecule has 1 aliphatic heterocycles. The molecule has 5 atom stereocenters. The van der Waals surface area contributed by atoms with Crippen molar-refractivity contribution in [3.63, 3.8) is 0 Å². The predicted molar refractivity (Wildman–Crippen MR) is 162 cm³/mol. The van der Waals surface area contributed by atoms with Gasteiger partial charge in [-0.3, -0.25) is 0 Å². The monoisotopic (exact) mass is 568 g/mol. The minimum atomic E-state index is -0.252. The zero-order valence-corrected chi connectivity index (χ0v) is 24.2. The largest absolute Gasteiger partial charge is 0.494 e. The fourth-order valence-corrected chi connectivity index (χ4v) is 6.11. The Bertz CT molecular complexity index is 1390. The van der Waals surface area contributed by atoms with Crippen molar-refractivity contribution in [2.24, 2.45) is 5.92 Å². The third kappa shape index (κ3) is 6.68. The van der Waals surface area contributed by atoms with Crippen molar-refractivity contribution in [3.8, 4) is 5.75 Å². The van der Waals surface area contributed by atoms with E-state index in [1.54, 1.807) is 0 Å². The summed E-state index contributed by atoms with van der Waals surface area (Å²) in [6.45, 7) is 3.70. The summed E-state index contributed by atoms with van der Waals surface area (Å²) in [5.74, 6) is 1.20. The van der Waals surface area contributed by atoms with Crippen LogP contribution >= 0.6 is 11.6 Å². The van der Waals surface area contributed by atoms with Crippen LogP contribution in [-0.2, 0) is 33.8 Å². The average molecular weight is 569 g/mol. The number of hydrogen-bond acceptors (Lipinski definition) is 4. The molecule has 0 unspecified atom stereocenters. The van der Waals surface area contributed by atoms with E-state index in [0.717, 1.165) is 52.3 Å². The van der Waals surface area contributed by atoms with Crippen molar-refractivity contribution in [1.82, 2.24) is 0 Å². The van der Waals surface area contributed by atoms with Gasteiger partial charge in [0.05, 0.1) is 32.0 Å². The molecule has 1 aliphatic carbocycles. The van der Waals surface area contributed by atoms with Crippen molar-refractivity contribution in [1.29, 1.82) is 0 Å². The smallest absolute Gasteiger partial charge is 0.119 e. The first-order chi connectivity index (χ1) is 20.2. The number of rotatable bonds is 11. The highest BCUT2D eigenvalue weighted by molar-refractivity contribution is 6.31. The van der Waals surface area contributed by atoms with Crippen molar-refractivity contribution in [2.45, 2.75) is 63.8 Å². The third-order valence-corrected chi connectivity index (χ3v) is 8.59. The molecule has 0 bridgehead atoms. The molecule has 41 heavy (non-hydrogen) atoms. The summed E-state index contributed by atoms with van der Waals surface area (Å²) in [6, 6.07) is 35.2. The first-order valence-electron chi connectivity index (χ1n) is 14.6. The average Bonchev–Trinajstić information content (AvgIpc) is 2.99. The molecular weight excluding hydrogens is 532 g/mol. The van der Waals surface area contributed by atoms with E-state index in [0.29, 0.717) is 25.7 Å². The zero-order valence-electron chi connectivity index (χ0n) is 23.5. The van der Waals surface area contributed by atoms with E-state index in [9.17, 15) is 0 Å². The molecule has 0 aromatic heterocycles. The Kier molecular flexibility index (Phi) is 9.03. The van der Waals surface area contributed by atoms with Gasteiger partial charge in [0.25, 0.3) is 0 Å². The Hall–Kier alpha value is -3.15. The highest BCUT2D eigenvalue weighted by atomic mass is 35.5. The van der Waals surface area contributed by atoms with Crippen LogP contribution in [0.15, 0.2) is 103 Å². The molecule has 212 valence electrons. The predicted octanol–water partition coefficient (Wildman–Crippen LogP) is 8.35. The van der Waals surface area contributed by atoms with Crippen LogP contribution in [0.2, 0.25) is 5.02 Å². The van der Waals surface area contributed by atoms with Gasteiger partial charge in [0.2, 0.25) is 0 Å². The second-order valence-corrected chi connectivity index (χ2v) is 11.4. The second kappa shape index (κ2) is 13.2. The molecule has 4 aromatic carbocycles. The fourth-order valence-electron chi connectivity index (χ4n) is 5.92. The van der Waals surface area contributed by atoms with Gasteiger partial charge < -0.3 is 18.9 Å². The first kappa shape index (κ1) is 28.0. The minimum absolute atomic E-state index is 0.0679. The van der Waals surface area contributed by atoms with Gasteiger partial charge in [0.15, 0.2) is 0 Å². The Labute approximate surface area is 248 Å². The molecule has 1 saturated heterocycles. The van der Waals surface area contributed by atoms with E-state index in [1.165, 1.54) is 5.56 Å². The van der Waals surface area contributed by atoms with Gasteiger partial charge in [-0.2, -0.15) is 0 Å². The maximum atomic E-state index is 6.78. The van der Waals surface area contributed by atoms with Gasteiger partial charge in [-0.25, -0.2) is 0 Å². The Balaban J connectivity index is 1.27. The van der Waals surface area contributed by atoms with E-state index in [2.05, 4.69) is 60.7 Å². The molecule has 1 heterocycles. The molecule has 0 N–H and O–H groups in total. The highest BCUT2D eigenvalue weighted by Gasteiger charge is 2.51. The standard InChI is InChI=1S/C36H37ClO4/c1-2-38-30-16-13-25(14-17-30)21-29-22-28(15-19-32(29)37)34-36(40-24-27-11-7-4-8-12-27)35(31-18-20-33(31)41-34)39-23-26-9-5-3-6-10-26/h3-17,19,22,31,33-36H,2,18,20-21,23-24H2,1H3/t31-,33-,34+,35+,36+/m1/s1. The maximum absolute atomic E-state index is 6.78. The molecule has 6 rings (SSSR count). The number of fused-ring (bicyclic) bond motifs is 1. The quantitative estimate of drug-likeness (QED) is 0.182. The van der Waals surface area contributed by atoms with Crippen LogP contribution in [0, 0.1) is 5.92 Å². The van der Waals surface area contributed by atoms with Gasteiger partial charge in [-0.15, -0.1) is 0 Å². The minimum Gasteiger partial charge on any atom is -0.494 e. The van der Waals surface area contributed by atoms with Gasteiger partial charge in [0.1, 0.15) is 18.0 Å². The van der Waals surface area contributed by atoms with Crippen LogP contribution in [0.1, 0.15) is 53.7 Å². The fraction of sp³-hybridized carbons (Fsp3) is 0.333. The Morgan fingerprint density at radius 1 is 0.732 bits per heavy atom.